The Bertz CT molecular complexity index is 864. The van der Waals surface area contributed by atoms with Crippen molar-refractivity contribution in [3.8, 4) is 0 Å². The average Bonchev–Trinajstić information content (AvgIpc) is 2.95. The van der Waals surface area contributed by atoms with Gasteiger partial charge in [0.25, 0.3) is 0 Å². The van der Waals surface area contributed by atoms with Crippen molar-refractivity contribution in [1.82, 2.24) is 5.32 Å². The van der Waals surface area contributed by atoms with Crippen LogP contribution >= 0.6 is 0 Å². The third kappa shape index (κ3) is 9.86. The van der Waals surface area contributed by atoms with Crippen molar-refractivity contribution in [3.63, 3.8) is 0 Å². The first-order valence-corrected chi connectivity index (χ1v) is 13.1. The van der Waals surface area contributed by atoms with Crippen LogP contribution in [0, 0.1) is 0 Å². The van der Waals surface area contributed by atoms with E-state index in [1.807, 2.05) is 0 Å². The van der Waals surface area contributed by atoms with Gasteiger partial charge in [-0.05, 0) is 25.3 Å². The lowest BCUT2D eigenvalue weighted by Gasteiger charge is -2.43. The summed E-state index contributed by atoms with van der Waals surface area (Å²) >= 11 is 0. The van der Waals surface area contributed by atoms with Gasteiger partial charge in [0.15, 0.2) is 18.7 Å². The van der Waals surface area contributed by atoms with Gasteiger partial charge in [-0.25, -0.2) is 9.59 Å². The Morgan fingerprint density at radius 2 is 1.63 bits per heavy atom. The summed E-state index contributed by atoms with van der Waals surface area (Å²) in [6.45, 7) is 1.25. The second-order valence-corrected chi connectivity index (χ2v) is 9.33. The number of alkyl carbamates (subject to hydrolysis) is 1. The van der Waals surface area contributed by atoms with E-state index in [0.29, 0.717) is 12.8 Å². The van der Waals surface area contributed by atoms with Crippen LogP contribution in [0.1, 0.15) is 26.2 Å². The Labute approximate surface area is 236 Å². The molecule has 236 valence electrons. The highest BCUT2D eigenvalue weighted by Crippen LogP contribution is 2.27. The van der Waals surface area contributed by atoms with Crippen LogP contribution in [0.25, 0.3) is 10.4 Å². The highest BCUT2D eigenvalue weighted by molar-refractivity contribution is 5.81. The SMILES string of the molecule is CCOC(=O)[C@H](CCCCN=[N+]=[N-])NC(=O)O[C@@H]1C(O)[C@@H](OC)OC(CO[C@@H]2OC(COC)[C@@H](O)[C@H](O)C2O)[C@H]1O. The van der Waals surface area contributed by atoms with Crippen LogP contribution in [-0.4, -0.2) is 146 Å². The van der Waals surface area contributed by atoms with Crippen LogP contribution in [0.5, 0.6) is 0 Å². The summed E-state index contributed by atoms with van der Waals surface area (Å²) in [7, 11) is 2.55. The van der Waals surface area contributed by atoms with Gasteiger partial charge in [0.1, 0.15) is 48.8 Å². The van der Waals surface area contributed by atoms with Gasteiger partial charge < -0.3 is 64.0 Å². The number of unbranched alkanes of at least 4 members (excludes halogenated alkanes) is 1. The molecule has 0 aromatic rings. The molecule has 0 radical (unpaired) electrons. The molecule has 1 amide bonds. The number of carbonyl (C=O) groups excluding carboxylic acids is 2. The predicted octanol–water partition coefficient (Wildman–Crippen LogP) is -1.94. The van der Waals surface area contributed by atoms with Crippen LogP contribution in [-0.2, 0) is 38.0 Å². The standard InChI is InChI=1S/C23H40N4O14/c1-4-37-20(33)11(7-5-6-8-25-27-24)26-23(34)41-19-15(29)13(39-21(36-3)18(19)32)10-38-22-17(31)16(30)14(28)12(40-22)9-35-2/h11-19,21-22,28-32H,4-10H2,1-3H3,(H,26,34)/t11-,12?,13?,14+,15+,16-,17?,18?,19-,21-,22+/m0/s1. The van der Waals surface area contributed by atoms with Crippen LogP contribution in [0.2, 0.25) is 0 Å². The molecule has 2 heterocycles. The van der Waals surface area contributed by atoms with E-state index < -0.39 is 86.1 Å². The number of ether oxygens (including phenoxy) is 7. The number of nitrogens with one attached hydrogen (secondary N) is 1. The van der Waals surface area contributed by atoms with E-state index in [4.69, 9.17) is 38.7 Å². The van der Waals surface area contributed by atoms with Crippen molar-refractivity contribution in [1.29, 1.82) is 0 Å². The second-order valence-electron chi connectivity index (χ2n) is 9.33. The molecule has 0 saturated carbocycles. The van der Waals surface area contributed by atoms with Gasteiger partial charge >= 0.3 is 12.1 Å². The van der Waals surface area contributed by atoms with Gasteiger partial charge in [-0.2, -0.15) is 0 Å². The summed E-state index contributed by atoms with van der Waals surface area (Å²) in [6.07, 6.45) is -15.0. The van der Waals surface area contributed by atoms with Crippen molar-refractivity contribution in [2.75, 3.05) is 40.6 Å². The Kier molecular flexibility index (Phi) is 14.9. The van der Waals surface area contributed by atoms with E-state index >= 15 is 0 Å². The van der Waals surface area contributed by atoms with Crippen LogP contribution in [0.4, 0.5) is 4.79 Å². The zero-order valence-electron chi connectivity index (χ0n) is 23.1. The van der Waals surface area contributed by atoms with Crippen molar-refractivity contribution in [2.24, 2.45) is 5.11 Å². The Balaban J connectivity index is 2.05. The lowest BCUT2D eigenvalue weighted by molar-refractivity contribution is -0.328. The number of nitrogens with zero attached hydrogens (tertiary/aromatic N) is 3. The smallest absolute Gasteiger partial charge is 0.408 e. The third-order valence-corrected chi connectivity index (χ3v) is 6.47. The van der Waals surface area contributed by atoms with E-state index in [1.165, 1.54) is 14.2 Å². The molecule has 41 heavy (non-hydrogen) atoms. The Morgan fingerprint density at radius 1 is 0.951 bits per heavy atom. The van der Waals surface area contributed by atoms with Crippen LogP contribution in [0.3, 0.4) is 0 Å². The lowest BCUT2D eigenvalue weighted by Crippen LogP contribution is -2.62. The second kappa shape index (κ2) is 17.6. The molecule has 18 heteroatoms. The minimum atomic E-state index is -1.68. The molecule has 0 aromatic carbocycles. The molecule has 0 aliphatic carbocycles. The van der Waals surface area contributed by atoms with E-state index in [1.54, 1.807) is 6.92 Å². The molecule has 18 nitrogen and oxygen atoms in total. The highest BCUT2D eigenvalue weighted by atomic mass is 16.7. The predicted molar refractivity (Wildman–Crippen MR) is 134 cm³/mol. The van der Waals surface area contributed by atoms with Crippen LogP contribution in [0.15, 0.2) is 5.11 Å². The number of methoxy groups -OCH3 is 2. The van der Waals surface area contributed by atoms with Gasteiger partial charge in [0, 0.05) is 25.7 Å². The first kappa shape index (κ1) is 34.8. The summed E-state index contributed by atoms with van der Waals surface area (Å²) in [6, 6.07) is -1.12. The van der Waals surface area contributed by atoms with Crippen molar-refractivity contribution in [3.05, 3.63) is 10.4 Å². The largest absolute Gasteiger partial charge is 0.464 e. The number of amides is 1. The first-order chi connectivity index (χ1) is 19.6. The van der Waals surface area contributed by atoms with Gasteiger partial charge in [0.05, 0.1) is 19.8 Å². The minimum absolute atomic E-state index is 0.0565. The monoisotopic (exact) mass is 596 g/mol. The van der Waals surface area contributed by atoms with Gasteiger partial charge in [-0.1, -0.05) is 11.5 Å². The Hall–Kier alpha value is -2.35. The molecule has 2 rings (SSSR count). The van der Waals surface area contributed by atoms with E-state index in [0.717, 1.165) is 0 Å². The van der Waals surface area contributed by atoms with Gasteiger partial charge in [0.2, 0.25) is 0 Å². The summed E-state index contributed by atoms with van der Waals surface area (Å²) in [5.41, 5.74) is 8.37. The summed E-state index contributed by atoms with van der Waals surface area (Å²) < 4.78 is 36.8. The van der Waals surface area contributed by atoms with Crippen LogP contribution < -0.4 is 5.32 Å². The maximum atomic E-state index is 12.7. The molecule has 6 N–H and O–H groups in total. The van der Waals surface area contributed by atoms with Gasteiger partial charge in [-0.15, -0.1) is 0 Å². The molecule has 2 aliphatic heterocycles. The summed E-state index contributed by atoms with van der Waals surface area (Å²) in [5, 5.41) is 57.7. The molecule has 2 saturated heterocycles. The molecular formula is C23H40N4O14. The molecule has 0 aromatic heterocycles. The fourth-order valence-corrected chi connectivity index (χ4v) is 4.29. The average molecular weight is 597 g/mol. The van der Waals surface area contributed by atoms with E-state index in [9.17, 15) is 35.1 Å². The maximum absolute atomic E-state index is 12.7. The van der Waals surface area contributed by atoms with Crippen molar-refractivity contribution < 1.29 is 68.3 Å². The minimum Gasteiger partial charge on any atom is -0.464 e. The zero-order valence-corrected chi connectivity index (χ0v) is 23.1. The zero-order chi connectivity index (χ0) is 30.5. The van der Waals surface area contributed by atoms with Crippen molar-refractivity contribution >= 4 is 12.1 Å². The lowest BCUT2D eigenvalue weighted by atomic mass is 9.98. The number of esters is 1. The maximum Gasteiger partial charge on any atom is 0.408 e. The Morgan fingerprint density at radius 3 is 2.27 bits per heavy atom. The number of carbonyl (C=O) groups is 2. The topological polar surface area (TPSA) is 261 Å². The third-order valence-electron chi connectivity index (χ3n) is 6.47. The number of azide groups is 1. The quantitative estimate of drug-likeness (QED) is 0.0395. The number of hydrogen-bond donors (Lipinski definition) is 6. The number of hydrogen-bond acceptors (Lipinski definition) is 15. The molecular weight excluding hydrogens is 556 g/mol. The molecule has 11 atom stereocenters. The van der Waals surface area contributed by atoms with E-state index in [2.05, 4.69) is 15.3 Å². The number of rotatable bonds is 15. The van der Waals surface area contributed by atoms with Crippen molar-refractivity contribution in [2.45, 2.75) is 93.6 Å². The normalized spacial score (nSPS) is 34.2. The molecule has 2 fully saturated rings. The van der Waals surface area contributed by atoms with Gasteiger partial charge in [-0.3, -0.25) is 0 Å². The highest BCUT2D eigenvalue weighted by Gasteiger charge is 2.49. The summed E-state index contributed by atoms with van der Waals surface area (Å²) in [5.74, 6) is -0.729. The molecule has 0 bridgehead atoms. The molecule has 4 unspecified atom stereocenters. The molecule has 2 aliphatic rings. The molecule has 0 spiro atoms. The fourth-order valence-electron chi connectivity index (χ4n) is 4.29. The number of aliphatic hydroxyl groups is 5. The summed E-state index contributed by atoms with van der Waals surface area (Å²) in [4.78, 5) is 27.7. The number of aliphatic hydroxyl groups excluding tert-OH is 5. The fraction of sp³-hybridized carbons (Fsp3) is 0.913. The van der Waals surface area contributed by atoms with E-state index in [-0.39, 0.29) is 26.2 Å². The first-order valence-electron chi connectivity index (χ1n) is 13.1.